The maximum atomic E-state index is 11.8. The number of carboxylic acid groups (broad SMARTS) is 1. The molecule has 1 heterocycles. The average molecular weight is 330 g/mol. The third kappa shape index (κ3) is 4.70. The first-order valence-corrected chi connectivity index (χ1v) is 8.53. The molecule has 0 aromatic heterocycles. The van der Waals surface area contributed by atoms with Gasteiger partial charge in [-0.15, -0.1) is 0 Å². The summed E-state index contributed by atoms with van der Waals surface area (Å²) in [5.74, 6) is -1.10. The third-order valence-corrected chi connectivity index (χ3v) is 4.76. The van der Waals surface area contributed by atoms with Gasteiger partial charge in [-0.05, 0) is 58.4 Å². The number of allylic oxidation sites excluding steroid dienone is 4. The van der Waals surface area contributed by atoms with E-state index in [9.17, 15) is 14.7 Å². The van der Waals surface area contributed by atoms with Crippen LogP contribution in [0.1, 0.15) is 52.4 Å². The van der Waals surface area contributed by atoms with Crippen molar-refractivity contribution in [3.8, 4) is 0 Å². The molecule has 2 aliphatic rings. The van der Waals surface area contributed by atoms with E-state index in [1.807, 2.05) is 26.0 Å². The fourth-order valence-corrected chi connectivity index (χ4v) is 3.21. The number of hydrogen-bond acceptors (Lipinski definition) is 3. The lowest BCUT2D eigenvalue weighted by Gasteiger charge is -2.16. The van der Waals surface area contributed by atoms with E-state index in [2.05, 4.69) is 12.7 Å². The Labute approximate surface area is 143 Å². The smallest absolute Gasteiger partial charge is 0.334 e. The fraction of sp³-hybridized carbons (Fsp3) is 0.500. The number of ether oxygens (including phenoxy) is 1. The summed E-state index contributed by atoms with van der Waals surface area (Å²) < 4.78 is 5.46. The Morgan fingerprint density at radius 3 is 2.58 bits per heavy atom. The molecule has 0 amide bonds. The van der Waals surface area contributed by atoms with Crippen LogP contribution < -0.4 is 0 Å². The Kier molecular flexibility index (Phi) is 6.18. The Balaban J connectivity index is 2.23. The lowest BCUT2D eigenvalue weighted by atomic mass is 9.89. The van der Waals surface area contributed by atoms with Crippen molar-refractivity contribution in [2.24, 2.45) is 5.92 Å². The van der Waals surface area contributed by atoms with Crippen LogP contribution >= 0.6 is 0 Å². The van der Waals surface area contributed by atoms with Gasteiger partial charge in [0, 0.05) is 17.1 Å². The van der Waals surface area contributed by atoms with Gasteiger partial charge in [-0.2, -0.15) is 0 Å². The second-order valence-corrected chi connectivity index (χ2v) is 6.72. The molecule has 0 aromatic rings. The number of carbonyl (C=O) groups excluding carboxylic acids is 1. The maximum absolute atomic E-state index is 11.8. The number of fused-ring (bicyclic) bond motifs is 1. The Hall–Kier alpha value is -2.10. The third-order valence-electron chi connectivity index (χ3n) is 4.76. The molecule has 0 aromatic carbocycles. The van der Waals surface area contributed by atoms with E-state index < -0.39 is 5.97 Å². The molecule has 0 saturated carbocycles. The fourth-order valence-electron chi connectivity index (χ4n) is 3.21. The molecule has 1 N–H and O–H groups in total. The van der Waals surface area contributed by atoms with Crippen LogP contribution in [0.25, 0.3) is 0 Å². The van der Waals surface area contributed by atoms with Crippen molar-refractivity contribution in [2.45, 2.75) is 58.5 Å². The van der Waals surface area contributed by atoms with E-state index in [0.717, 1.165) is 31.3 Å². The van der Waals surface area contributed by atoms with Gasteiger partial charge in [0.15, 0.2) is 0 Å². The summed E-state index contributed by atoms with van der Waals surface area (Å²) in [6, 6.07) is 0. The standard InChI is InChI=1S/C20H26O4/c1-13-6-4-8-16(19(21)22)9-5-7-14(2)12-18-17(11-10-13)15(3)20(23)24-18/h6,9,12,17-18H,3-5,7-8,10-11H2,1-2H3,(H,21,22)/b13-6+,14-12-,16-9+/t17-,18-/m0/s1. The van der Waals surface area contributed by atoms with E-state index in [0.29, 0.717) is 24.0 Å². The number of esters is 1. The molecule has 24 heavy (non-hydrogen) atoms. The highest BCUT2D eigenvalue weighted by Crippen LogP contribution is 2.33. The summed E-state index contributed by atoms with van der Waals surface area (Å²) in [7, 11) is 0. The molecule has 1 fully saturated rings. The molecule has 2 atom stereocenters. The molecule has 4 nitrogen and oxygen atoms in total. The molecule has 1 aliphatic heterocycles. The number of rotatable bonds is 1. The minimum absolute atomic E-state index is 0.0314. The highest BCUT2D eigenvalue weighted by atomic mass is 16.5. The topological polar surface area (TPSA) is 63.6 Å². The van der Waals surface area contributed by atoms with Gasteiger partial charge in [-0.25, -0.2) is 9.59 Å². The lowest BCUT2D eigenvalue weighted by Crippen LogP contribution is -2.15. The monoisotopic (exact) mass is 330 g/mol. The molecule has 0 unspecified atom stereocenters. The summed E-state index contributed by atoms with van der Waals surface area (Å²) in [4.78, 5) is 23.2. The van der Waals surface area contributed by atoms with E-state index >= 15 is 0 Å². The van der Waals surface area contributed by atoms with Gasteiger partial charge >= 0.3 is 11.9 Å². The Morgan fingerprint density at radius 1 is 1.17 bits per heavy atom. The zero-order valence-corrected chi connectivity index (χ0v) is 14.5. The highest BCUT2D eigenvalue weighted by molar-refractivity contribution is 5.91. The molecule has 4 heteroatoms. The van der Waals surface area contributed by atoms with Crippen molar-refractivity contribution in [1.29, 1.82) is 0 Å². The van der Waals surface area contributed by atoms with Crippen molar-refractivity contribution in [2.75, 3.05) is 0 Å². The van der Waals surface area contributed by atoms with Crippen LogP contribution in [0.4, 0.5) is 0 Å². The van der Waals surface area contributed by atoms with Crippen molar-refractivity contribution < 1.29 is 19.4 Å². The summed E-state index contributed by atoms with van der Waals surface area (Å²) in [5.41, 5.74) is 3.36. The molecule has 0 spiro atoms. The first kappa shape index (κ1) is 18.2. The van der Waals surface area contributed by atoms with Gasteiger partial charge in [-0.1, -0.05) is 29.9 Å². The normalized spacial score (nSPS) is 33.0. The summed E-state index contributed by atoms with van der Waals surface area (Å²) in [5, 5.41) is 9.29. The van der Waals surface area contributed by atoms with Gasteiger partial charge in [0.2, 0.25) is 0 Å². The molecule has 130 valence electrons. The van der Waals surface area contributed by atoms with Crippen LogP contribution in [0.3, 0.4) is 0 Å². The van der Waals surface area contributed by atoms with Crippen LogP contribution in [0.15, 0.2) is 47.1 Å². The van der Waals surface area contributed by atoms with Gasteiger partial charge < -0.3 is 9.84 Å². The molecule has 1 aliphatic carbocycles. The van der Waals surface area contributed by atoms with Crippen LogP contribution in [-0.2, 0) is 14.3 Å². The lowest BCUT2D eigenvalue weighted by molar-refractivity contribution is -0.137. The van der Waals surface area contributed by atoms with Crippen molar-refractivity contribution in [3.63, 3.8) is 0 Å². The second-order valence-electron chi connectivity index (χ2n) is 6.72. The van der Waals surface area contributed by atoms with Gasteiger partial charge in [0.05, 0.1) is 0 Å². The zero-order valence-electron chi connectivity index (χ0n) is 14.5. The quantitative estimate of drug-likeness (QED) is 0.441. The summed E-state index contributed by atoms with van der Waals surface area (Å²) in [6.07, 6.45) is 10.1. The minimum atomic E-state index is -0.837. The molecule has 2 rings (SSSR count). The molecular weight excluding hydrogens is 304 g/mol. The van der Waals surface area contributed by atoms with Gasteiger partial charge in [-0.3, -0.25) is 0 Å². The van der Waals surface area contributed by atoms with Crippen molar-refractivity contribution >= 4 is 11.9 Å². The molecule has 0 bridgehead atoms. The Morgan fingerprint density at radius 2 is 1.88 bits per heavy atom. The first-order valence-electron chi connectivity index (χ1n) is 8.53. The number of carbonyl (C=O) groups is 2. The summed E-state index contributed by atoms with van der Waals surface area (Å²) in [6.45, 7) is 7.95. The van der Waals surface area contributed by atoms with E-state index in [4.69, 9.17) is 4.74 Å². The van der Waals surface area contributed by atoms with Crippen LogP contribution in [0.5, 0.6) is 0 Å². The predicted octanol–water partition coefficient (Wildman–Crippen LogP) is 4.34. The van der Waals surface area contributed by atoms with E-state index in [-0.39, 0.29) is 18.0 Å². The van der Waals surface area contributed by atoms with Crippen LogP contribution in [0.2, 0.25) is 0 Å². The first-order chi connectivity index (χ1) is 11.4. The van der Waals surface area contributed by atoms with Crippen molar-refractivity contribution in [1.82, 2.24) is 0 Å². The second kappa shape index (κ2) is 8.13. The number of carboxylic acids is 1. The van der Waals surface area contributed by atoms with Gasteiger partial charge in [0.1, 0.15) is 6.10 Å². The number of aliphatic carboxylic acids is 1. The molecule has 0 radical (unpaired) electrons. The largest absolute Gasteiger partial charge is 0.478 e. The van der Waals surface area contributed by atoms with Gasteiger partial charge in [0.25, 0.3) is 0 Å². The Bertz CT molecular complexity index is 622. The van der Waals surface area contributed by atoms with E-state index in [1.54, 1.807) is 0 Å². The number of hydrogen-bond donors (Lipinski definition) is 1. The van der Waals surface area contributed by atoms with Crippen LogP contribution in [-0.4, -0.2) is 23.1 Å². The van der Waals surface area contributed by atoms with Crippen molar-refractivity contribution in [3.05, 3.63) is 47.1 Å². The summed E-state index contributed by atoms with van der Waals surface area (Å²) >= 11 is 0. The zero-order chi connectivity index (χ0) is 17.7. The molecular formula is C20H26O4. The predicted molar refractivity (Wildman–Crippen MR) is 93.4 cm³/mol. The van der Waals surface area contributed by atoms with Crippen LogP contribution in [0, 0.1) is 5.92 Å². The highest BCUT2D eigenvalue weighted by Gasteiger charge is 2.36. The average Bonchev–Trinajstić information content (AvgIpc) is 2.77. The maximum Gasteiger partial charge on any atom is 0.334 e. The minimum Gasteiger partial charge on any atom is -0.478 e. The SMILES string of the molecule is C=C1C(=O)O[C@H]2/C=C(/C)CC/C=C(/C(=O)O)CC/C=C(\C)CC[C@@H]12. The van der Waals surface area contributed by atoms with E-state index in [1.165, 1.54) is 5.57 Å². The molecule has 1 saturated heterocycles.